The summed E-state index contributed by atoms with van der Waals surface area (Å²) >= 11 is 1.88. The molecular weight excluding hydrogens is 320 g/mol. The number of carbonyl (C=O) groups excluding carboxylic acids is 1. The van der Waals surface area contributed by atoms with Crippen molar-refractivity contribution >= 4 is 17.7 Å². The van der Waals surface area contributed by atoms with Crippen molar-refractivity contribution in [3.63, 3.8) is 0 Å². The maximum absolute atomic E-state index is 12.4. The smallest absolute Gasteiger partial charge is 0.256 e. The lowest BCUT2D eigenvalue weighted by Crippen LogP contribution is -2.26. The Hall–Kier alpha value is -2.01. The van der Waals surface area contributed by atoms with E-state index in [4.69, 9.17) is 4.74 Å². The van der Waals surface area contributed by atoms with Crippen LogP contribution in [-0.2, 0) is 6.42 Å². The molecule has 0 spiro atoms. The zero-order valence-corrected chi connectivity index (χ0v) is 14.4. The van der Waals surface area contributed by atoms with Crippen LogP contribution in [0, 0.1) is 0 Å². The highest BCUT2D eigenvalue weighted by Gasteiger charge is 2.21. The van der Waals surface area contributed by atoms with E-state index in [1.54, 1.807) is 18.3 Å². The van der Waals surface area contributed by atoms with Gasteiger partial charge < -0.3 is 10.1 Å². The maximum Gasteiger partial charge on any atom is 0.256 e. The molecule has 0 bridgehead atoms. The minimum atomic E-state index is -0.114. The van der Waals surface area contributed by atoms with Gasteiger partial charge in [0.1, 0.15) is 11.7 Å². The molecule has 1 aliphatic rings. The molecule has 4 nitrogen and oxygen atoms in total. The molecule has 0 aliphatic carbocycles. The number of aryl methyl sites for hydroxylation is 1. The maximum atomic E-state index is 12.4. The summed E-state index contributed by atoms with van der Waals surface area (Å²) in [5, 5.41) is 2.97. The van der Waals surface area contributed by atoms with Gasteiger partial charge in [-0.25, -0.2) is 4.98 Å². The molecule has 1 aliphatic heterocycles. The highest BCUT2D eigenvalue weighted by atomic mass is 32.2. The second-order valence-electron chi connectivity index (χ2n) is 5.80. The van der Waals surface area contributed by atoms with Crippen LogP contribution < -0.4 is 10.1 Å². The Balaban J connectivity index is 1.51. The molecule has 1 aromatic heterocycles. The van der Waals surface area contributed by atoms with Crippen molar-refractivity contribution < 1.29 is 9.53 Å². The SMILES string of the molecule is O=C(NCCCc1ccccc1)c1cccnc1OC1CCSC1. The monoisotopic (exact) mass is 342 g/mol. The van der Waals surface area contributed by atoms with Gasteiger partial charge in [-0.15, -0.1) is 0 Å². The molecule has 1 N–H and O–H groups in total. The highest BCUT2D eigenvalue weighted by molar-refractivity contribution is 7.99. The number of hydrogen-bond acceptors (Lipinski definition) is 4. The number of pyridine rings is 1. The molecule has 24 heavy (non-hydrogen) atoms. The lowest BCUT2D eigenvalue weighted by Gasteiger charge is -2.14. The van der Waals surface area contributed by atoms with Crippen molar-refractivity contribution in [2.24, 2.45) is 0 Å². The Kier molecular flexibility index (Phi) is 6.13. The summed E-state index contributed by atoms with van der Waals surface area (Å²) in [6, 6.07) is 13.8. The Morgan fingerprint density at radius 3 is 2.92 bits per heavy atom. The number of nitrogens with zero attached hydrogens (tertiary/aromatic N) is 1. The number of nitrogens with one attached hydrogen (secondary N) is 1. The van der Waals surface area contributed by atoms with E-state index in [2.05, 4.69) is 22.4 Å². The summed E-state index contributed by atoms with van der Waals surface area (Å²) in [5.41, 5.74) is 1.81. The van der Waals surface area contributed by atoms with Gasteiger partial charge in [-0.05, 0) is 42.7 Å². The van der Waals surface area contributed by atoms with Crippen molar-refractivity contribution in [1.82, 2.24) is 10.3 Å². The number of rotatable bonds is 7. The van der Waals surface area contributed by atoms with Gasteiger partial charge in [0.15, 0.2) is 0 Å². The van der Waals surface area contributed by atoms with E-state index in [-0.39, 0.29) is 12.0 Å². The Bertz CT molecular complexity index is 657. The van der Waals surface area contributed by atoms with Crippen molar-refractivity contribution in [3.05, 3.63) is 59.8 Å². The van der Waals surface area contributed by atoms with Crippen LogP contribution in [0.25, 0.3) is 0 Å². The number of hydrogen-bond donors (Lipinski definition) is 1. The van der Waals surface area contributed by atoms with Crippen LogP contribution in [0.3, 0.4) is 0 Å². The molecule has 1 aromatic carbocycles. The first-order chi connectivity index (χ1) is 11.8. The summed E-state index contributed by atoms with van der Waals surface area (Å²) in [5.74, 6) is 2.41. The molecule has 1 unspecified atom stereocenters. The lowest BCUT2D eigenvalue weighted by molar-refractivity contribution is 0.0945. The molecule has 0 radical (unpaired) electrons. The summed E-state index contributed by atoms with van der Waals surface area (Å²) in [6.07, 6.45) is 4.71. The zero-order valence-electron chi connectivity index (χ0n) is 13.6. The fourth-order valence-corrected chi connectivity index (χ4v) is 3.75. The van der Waals surface area contributed by atoms with Gasteiger partial charge in [0, 0.05) is 18.5 Å². The van der Waals surface area contributed by atoms with Gasteiger partial charge in [0.25, 0.3) is 5.91 Å². The van der Waals surface area contributed by atoms with Crippen LogP contribution in [0.4, 0.5) is 0 Å². The predicted molar refractivity (Wildman–Crippen MR) is 97.7 cm³/mol. The average molecular weight is 342 g/mol. The topological polar surface area (TPSA) is 51.2 Å². The number of thioether (sulfide) groups is 1. The molecule has 0 saturated carbocycles. The first-order valence-corrected chi connectivity index (χ1v) is 9.50. The summed E-state index contributed by atoms with van der Waals surface area (Å²) < 4.78 is 5.91. The molecule has 5 heteroatoms. The van der Waals surface area contributed by atoms with Crippen LogP contribution >= 0.6 is 11.8 Å². The van der Waals surface area contributed by atoms with Gasteiger partial charge in [-0.2, -0.15) is 11.8 Å². The summed E-state index contributed by atoms with van der Waals surface area (Å²) in [4.78, 5) is 16.7. The third-order valence-corrected chi connectivity index (χ3v) is 5.08. The molecule has 1 fully saturated rings. The molecule has 1 saturated heterocycles. The van der Waals surface area contributed by atoms with Crippen LogP contribution in [0.5, 0.6) is 5.88 Å². The third kappa shape index (κ3) is 4.74. The lowest BCUT2D eigenvalue weighted by atomic mass is 10.1. The van der Waals surface area contributed by atoms with E-state index in [0.717, 1.165) is 30.8 Å². The van der Waals surface area contributed by atoms with Crippen molar-refractivity contribution in [2.45, 2.75) is 25.4 Å². The fourth-order valence-electron chi connectivity index (χ4n) is 2.66. The molecule has 1 atom stereocenters. The van der Waals surface area contributed by atoms with E-state index in [9.17, 15) is 4.79 Å². The van der Waals surface area contributed by atoms with E-state index in [0.29, 0.717) is 18.0 Å². The number of aromatic nitrogens is 1. The number of carbonyl (C=O) groups is 1. The fraction of sp³-hybridized carbons (Fsp3) is 0.368. The first kappa shape index (κ1) is 16.8. The van der Waals surface area contributed by atoms with Gasteiger partial charge in [0.2, 0.25) is 5.88 Å². The molecule has 2 heterocycles. The molecule has 3 rings (SSSR count). The first-order valence-electron chi connectivity index (χ1n) is 8.34. The predicted octanol–water partition coefficient (Wildman–Crippen LogP) is 3.33. The molecule has 126 valence electrons. The van der Waals surface area contributed by atoms with Crippen LogP contribution in [0.15, 0.2) is 48.7 Å². The minimum absolute atomic E-state index is 0.114. The van der Waals surface area contributed by atoms with Crippen LogP contribution in [-0.4, -0.2) is 35.0 Å². The summed E-state index contributed by atoms with van der Waals surface area (Å²) in [7, 11) is 0. The molecule has 2 aromatic rings. The van der Waals surface area contributed by atoms with Gasteiger partial charge in [0.05, 0.1) is 0 Å². The molecule has 1 amide bonds. The van der Waals surface area contributed by atoms with E-state index in [1.165, 1.54) is 5.56 Å². The number of amides is 1. The van der Waals surface area contributed by atoms with Crippen LogP contribution in [0.1, 0.15) is 28.8 Å². The quantitative estimate of drug-likeness (QED) is 0.784. The van der Waals surface area contributed by atoms with E-state index >= 15 is 0 Å². The van der Waals surface area contributed by atoms with Crippen molar-refractivity contribution in [2.75, 3.05) is 18.1 Å². The largest absolute Gasteiger partial charge is 0.473 e. The van der Waals surface area contributed by atoms with Gasteiger partial charge >= 0.3 is 0 Å². The van der Waals surface area contributed by atoms with Crippen molar-refractivity contribution in [3.8, 4) is 5.88 Å². The molecular formula is C19H22N2O2S. The zero-order chi connectivity index (χ0) is 16.6. The number of benzene rings is 1. The Morgan fingerprint density at radius 2 is 2.12 bits per heavy atom. The van der Waals surface area contributed by atoms with Crippen LogP contribution in [0.2, 0.25) is 0 Å². The third-order valence-electron chi connectivity index (χ3n) is 3.95. The number of ether oxygens (including phenoxy) is 1. The second-order valence-corrected chi connectivity index (χ2v) is 6.95. The normalized spacial score (nSPS) is 16.8. The van der Waals surface area contributed by atoms with Gasteiger partial charge in [-0.3, -0.25) is 4.79 Å². The average Bonchev–Trinajstić information content (AvgIpc) is 3.13. The van der Waals surface area contributed by atoms with Crippen molar-refractivity contribution in [1.29, 1.82) is 0 Å². The minimum Gasteiger partial charge on any atom is -0.473 e. The highest BCUT2D eigenvalue weighted by Crippen LogP contribution is 2.24. The van der Waals surface area contributed by atoms with Gasteiger partial charge in [-0.1, -0.05) is 30.3 Å². The van der Waals surface area contributed by atoms with E-state index in [1.807, 2.05) is 30.0 Å². The summed E-state index contributed by atoms with van der Waals surface area (Å²) in [6.45, 7) is 0.640. The van der Waals surface area contributed by atoms with E-state index < -0.39 is 0 Å². The Labute approximate surface area is 147 Å². The second kappa shape index (κ2) is 8.73. The Morgan fingerprint density at radius 1 is 1.25 bits per heavy atom. The standard InChI is InChI=1S/C19H22N2O2S/c22-18(20-11-4-8-15-6-2-1-3-7-15)17-9-5-12-21-19(17)23-16-10-13-24-14-16/h1-3,5-7,9,12,16H,4,8,10-11,13-14H2,(H,20,22).